The van der Waals surface area contributed by atoms with Gasteiger partial charge in [-0.3, -0.25) is 4.79 Å². The normalized spacial score (nSPS) is 22.8. The number of rotatable bonds is 4. The zero-order valence-corrected chi connectivity index (χ0v) is 11.2. The third-order valence-electron chi connectivity index (χ3n) is 3.72. The fourth-order valence-electron chi connectivity index (χ4n) is 2.82. The Balaban J connectivity index is 2.02. The monoisotopic (exact) mass is 246 g/mol. The van der Waals surface area contributed by atoms with Crippen molar-refractivity contribution in [1.29, 1.82) is 0 Å². The van der Waals surface area contributed by atoms with Crippen LogP contribution >= 0.6 is 0 Å². The molecule has 1 saturated carbocycles. The van der Waals surface area contributed by atoms with Gasteiger partial charge >= 0.3 is 0 Å². The summed E-state index contributed by atoms with van der Waals surface area (Å²) in [6.07, 6.45) is 5.15. The van der Waals surface area contributed by atoms with Crippen LogP contribution in [0.5, 0.6) is 0 Å². The largest absolute Gasteiger partial charge is 0.382 e. The Morgan fingerprint density at radius 2 is 2.11 bits per heavy atom. The van der Waals surface area contributed by atoms with Crippen molar-refractivity contribution in [2.75, 3.05) is 10.6 Å². The van der Waals surface area contributed by atoms with Gasteiger partial charge in [-0.05, 0) is 37.0 Å². The van der Waals surface area contributed by atoms with E-state index in [0.717, 1.165) is 17.3 Å². The van der Waals surface area contributed by atoms with Crippen molar-refractivity contribution >= 4 is 17.3 Å². The number of hydrogen-bond donors (Lipinski definition) is 2. The predicted octanol–water partition coefficient (Wildman–Crippen LogP) is 3.64. The molecule has 1 aliphatic carbocycles. The number of nitrogens with one attached hydrogen (secondary N) is 2. The second kappa shape index (κ2) is 5.89. The van der Waals surface area contributed by atoms with E-state index in [-0.39, 0.29) is 5.91 Å². The van der Waals surface area contributed by atoms with Crippen LogP contribution in [0.2, 0.25) is 0 Å². The molecular weight excluding hydrogens is 224 g/mol. The fourth-order valence-corrected chi connectivity index (χ4v) is 2.82. The highest BCUT2D eigenvalue weighted by molar-refractivity contribution is 5.89. The van der Waals surface area contributed by atoms with E-state index >= 15 is 0 Å². The van der Waals surface area contributed by atoms with Crippen molar-refractivity contribution < 1.29 is 4.79 Å². The molecule has 18 heavy (non-hydrogen) atoms. The molecule has 0 aliphatic heterocycles. The van der Waals surface area contributed by atoms with E-state index in [1.165, 1.54) is 32.6 Å². The van der Waals surface area contributed by atoms with Crippen LogP contribution in [0.1, 0.15) is 39.5 Å². The number of amides is 1. The van der Waals surface area contributed by atoms with E-state index in [4.69, 9.17) is 0 Å². The first-order chi connectivity index (χ1) is 8.69. The molecule has 3 heteroatoms. The molecule has 2 N–H and O–H groups in total. The topological polar surface area (TPSA) is 41.1 Å². The molecule has 2 rings (SSSR count). The average molecular weight is 246 g/mol. The van der Waals surface area contributed by atoms with Crippen LogP contribution in [0.15, 0.2) is 24.3 Å². The van der Waals surface area contributed by atoms with Crippen LogP contribution in [-0.4, -0.2) is 11.9 Å². The van der Waals surface area contributed by atoms with E-state index in [1.54, 1.807) is 0 Å². The zero-order chi connectivity index (χ0) is 13.0. The van der Waals surface area contributed by atoms with Crippen LogP contribution in [-0.2, 0) is 4.79 Å². The first kappa shape index (κ1) is 12.9. The van der Waals surface area contributed by atoms with Gasteiger partial charge in [0.1, 0.15) is 0 Å². The number of hydrogen-bond acceptors (Lipinski definition) is 2. The predicted molar refractivity (Wildman–Crippen MR) is 75.8 cm³/mol. The molecule has 2 unspecified atom stereocenters. The fraction of sp³-hybridized carbons (Fsp3) is 0.533. The third-order valence-corrected chi connectivity index (χ3v) is 3.72. The highest BCUT2D eigenvalue weighted by atomic mass is 16.1. The van der Waals surface area contributed by atoms with Gasteiger partial charge in [0.05, 0.1) is 0 Å². The molecule has 2 atom stereocenters. The Morgan fingerprint density at radius 3 is 2.83 bits per heavy atom. The molecule has 1 aromatic carbocycles. The van der Waals surface area contributed by atoms with Gasteiger partial charge in [0.15, 0.2) is 0 Å². The molecule has 0 aromatic heterocycles. The van der Waals surface area contributed by atoms with Gasteiger partial charge in [0.2, 0.25) is 5.91 Å². The summed E-state index contributed by atoms with van der Waals surface area (Å²) in [7, 11) is 0. The maximum Gasteiger partial charge on any atom is 0.221 e. The lowest BCUT2D eigenvalue weighted by Gasteiger charge is -2.21. The summed E-state index contributed by atoms with van der Waals surface area (Å²) in [6.45, 7) is 3.79. The van der Waals surface area contributed by atoms with Crippen molar-refractivity contribution in [3.05, 3.63) is 24.3 Å². The van der Waals surface area contributed by atoms with Crippen molar-refractivity contribution in [3.8, 4) is 0 Å². The Hall–Kier alpha value is -1.51. The molecule has 0 spiro atoms. The maximum atomic E-state index is 11.0. The Morgan fingerprint density at radius 1 is 1.33 bits per heavy atom. The highest BCUT2D eigenvalue weighted by Crippen LogP contribution is 2.31. The summed E-state index contributed by atoms with van der Waals surface area (Å²) in [5.41, 5.74) is 1.96. The standard InChI is InChI=1S/C15H22N2O/c1-3-12-6-4-9-15(12)17-14-8-5-7-13(10-14)16-11(2)18/h5,7-8,10,12,15,17H,3-4,6,9H2,1-2H3,(H,16,18). The van der Waals surface area contributed by atoms with Crippen molar-refractivity contribution in [1.82, 2.24) is 0 Å². The molecule has 0 bridgehead atoms. The van der Waals surface area contributed by atoms with Crippen molar-refractivity contribution in [2.24, 2.45) is 5.92 Å². The van der Waals surface area contributed by atoms with Crippen LogP contribution in [0.4, 0.5) is 11.4 Å². The zero-order valence-electron chi connectivity index (χ0n) is 11.2. The minimum absolute atomic E-state index is 0.0283. The summed E-state index contributed by atoms with van der Waals surface area (Å²) >= 11 is 0. The van der Waals surface area contributed by atoms with E-state index in [1.807, 2.05) is 18.2 Å². The van der Waals surface area contributed by atoms with Gasteiger partial charge in [0.25, 0.3) is 0 Å². The van der Waals surface area contributed by atoms with Gasteiger partial charge in [-0.25, -0.2) is 0 Å². The number of carbonyl (C=O) groups is 1. The molecule has 1 aromatic rings. The molecular formula is C15H22N2O. The molecule has 98 valence electrons. The van der Waals surface area contributed by atoms with Crippen molar-refractivity contribution in [3.63, 3.8) is 0 Å². The lowest BCUT2D eigenvalue weighted by atomic mass is 10.0. The van der Waals surface area contributed by atoms with Gasteiger partial charge in [-0.2, -0.15) is 0 Å². The highest BCUT2D eigenvalue weighted by Gasteiger charge is 2.25. The van der Waals surface area contributed by atoms with Gasteiger partial charge in [0, 0.05) is 24.3 Å². The smallest absolute Gasteiger partial charge is 0.221 e. The minimum Gasteiger partial charge on any atom is -0.382 e. The van der Waals surface area contributed by atoms with Gasteiger partial charge in [-0.15, -0.1) is 0 Å². The SMILES string of the molecule is CCC1CCCC1Nc1cccc(NC(C)=O)c1. The average Bonchev–Trinajstić information content (AvgIpc) is 2.76. The van der Waals surface area contributed by atoms with Gasteiger partial charge < -0.3 is 10.6 Å². The number of anilines is 2. The lowest BCUT2D eigenvalue weighted by molar-refractivity contribution is -0.114. The van der Waals surface area contributed by atoms with Crippen molar-refractivity contribution in [2.45, 2.75) is 45.6 Å². The molecule has 0 radical (unpaired) electrons. The van der Waals surface area contributed by atoms with Crippen LogP contribution in [0.25, 0.3) is 0 Å². The molecule has 0 saturated heterocycles. The van der Waals surface area contributed by atoms with Crippen LogP contribution in [0, 0.1) is 5.92 Å². The molecule has 0 heterocycles. The van der Waals surface area contributed by atoms with E-state index in [9.17, 15) is 4.79 Å². The molecule has 3 nitrogen and oxygen atoms in total. The Bertz CT molecular complexity index is 417. The second-order valence-corrected chi connectivity index (χ2v) is 5.11. The molecule has 1 amide bonds. The summed E-state index contributed by atoms with van der Waals surface area (Å²) in [6, 6.07) is 8.55. The third kappa shape index (κ3) is 3.25. The van der Waals surface area contributed by atoms with Gasteiger partial charge in [-0.1, -0.05) is 25.8 Å². The summed E-state index contributed by atoms with van der Waals surface area (Å²) < 4.78 is 0. The second-order valence-electron chi connectivity index (χ2n) is 5.11. The quantitative estimate of drug-likeness (QED) is 0.851. The van der Waals surface area contributed by atoms with Crippen LogP contribution < -0.4 is 10.6 Å². The summed E-state index contributed by atoms with van der Waals surface area (Å²) in [4.78, 5) is 11.0. The first-order valence-electron chi connectivity index (χ1n) is 6.83. The molecule has 1 aliphatic rings. The Kier molecular flexibility index (Phi) is 4.24. The summed E-state index contributed by atoms with van der Waals surface area (Å²) in [5, 5.41) is 6.42. The lowest BCUT2D eigenvalue weighted by Crippen LogP contribution is -2.23. The molecule has 1 fully saturated rings. The van der Waals surface area contributed by atoms with E-state index in [0.29, 0.717) is 6.04 Å². The first-order valence-corrected chi connectivity index (χ1v) is 6.83. The summed E-state index contributed by atoms with van der Waals surface area (Å²) in [5.74, 6) is 0.758. The maximum absolute atomic E-state index is 11.0. The van der Waals surface area contributed by atoms with E-state index < -0.39 is 0 Å². The minimum atomic E-state index is -0.0283. The number of carbonyl (C=O) groups excluding carboxylic acids is 1. The van der Waals surface area contributed by atoms with Crippen LogP contribution in [0.3, 0.4) is 0 Å². The Labute approximate surface area is 109 Å². The van der Waals surface area contributed by atoms with E-state index in [2.05, 4.69) is 23.6 Å². The number of benzene rings is 1.